The molecule has 1 heterocycles. The Morgan fingerprint density at radius 2 is 2.42 bits per heavy atom. The smallest absolute Gasteiger partial charge is 0.161 e. The number of carbonyl (C=O) groups is 1. The van der Waals surface area contributed by atoms with E-state index in [-0.39, 0.29) is 0 Å². The quantitative estimate of drug-likeness (QED) is 0.519. The van der Waals surface area contributed by atoms with Crippen LogP contribution in [0, 0.1) is 0 Å². The average Bonchev–Trinajstić information content (AvgIpc) is 2.53. The summed E-state index contributed by atoms with van der Waals surface area (Å²) in [6.07, 6.45) is 7.19. The van der Waals surface area contributed by atoms with Crippen molar-refractivity contribution >= 4 is 17.6 Å². The molecule has 1 aromatic heterocycles. The van der Waals surface area contributed by atoms with Gasteiger partial charge in [0, 0.05) is 6.20 Å². The monoisotopic (exact) mass is 183 g/mol. The SMILES string of the molecule is CCCCCc1ncc(C=O)s1. The van der Waals surface area contributed by atoms with Crippen LogP contribution in [0.1, 0.15) is 40.9 Å². The van der Waals surface area contributed by atoms with Gasteiger partial charge in [0.25, 0.3) is 0 Å². The highest BCUT2D eigenvalue weighted by molar-refractivity contribution is 7.13. The molecule has 0 saturated carbocycles. The van der Waals surface area contributed by atoms with Crippen molar-refractivity contribution < 1.29 is 4.79 Å². The predicted molar refractivity (Wildman–Crippen MR) is 50.7 cm³/mol. The molecule has 0 aliphatic carbocycles. The van der Waals surface area contributed by atoms with E-state index < -0.39 is 0 Å². The lowest BCUT2D eigenvalue weighted by atomic mass is 10.2. The first kappa shape index (κ1) is 9.39. The van der Waals surface area contributed by atoms with Gasteiger partial charge < -0.3 is 0 Å². The molecule has 0 fully saturated rings. The van der Waals surface area contributed by atoms with Crippen LogP contribution in [0.3, 0.4) is 0 Å². The summed E-state index contributed by atoms with van der Waals surface area (Å²) in [6.45, 7) is 2.18. The van der Waals surface area contributed by atoms with E-state index in [9.17, 15) is 4.79 Å². The third kappa shape index (κ3) is 2.74. The van der Waals surface area contributed by atoms with E-state index in [0.717, 1.165) is 22.6 Å². The summed E-state index contributed by atoms with van der Waals surface area (Å²) < 4.78 is 0. The summed E-state index contributed by atoms with van der Waals surface area (Å²) >= 11 is 1.50. The molecule has 0 aliphatic heterocycles. The molecular weight excluding hydrogens is 170 g/mol. The lowest BCUT2D eigenvalue weighted by Crippen LogP contribution is -1.81. The molecule has 3 heteroatoms. The van der Waals surface area contributed by atoms with Crippen LogP contribution in [0.15, 0.2) is 6.20 Å². The van der Waals surface area contributed by atoms with Gasteiger partial charge in [0.05, 0.1) is 9.88 Å². The minimum atomic E-state index is 0.737. The second kappa shape index (κ2) is 5.04. The molecule has 0 unspecified atom stereocenters. The van der Waals surface area contributed by atoms with E-state index in [1.807, 2.05) is 0 Å². The average molecular weight is 183 g/mol. The first-order valence-corrected chi connectivity index (χ1v) is 5.08. The van der Waals surface area contributed by atoms with Gasteiger partial charge >= 0.3 is 0 Å². The van der Waals surface area contributed by atoms with Crippen LogP contribution in [0.25, 0.3) is 0 Å². The summed E-state index contributed by atoms with van der Waals surface area (Å²) in [5.74, 6) is 0. The standard InChI is InChI=1S/C9H13NOS/c1-2-3-4-5-9-10-6-8(7-11)12-9/h6-7H,2-5H2,1H3. The second-order valence-corrected chi connectivity index (χ2v) is 3.88. The van der Waals surface area contributed by atoms with E-state index in [0.29, 0.717) is 0 Å². The van der Waals surface area contributed by atoms with Crippen LogP contribution < -0.4 is 0 Å². The number of aromatic nitrogens is 1. The summed E-state index contributed by atoms with van der Waals surface area (Å²) in [4.78, 5) is 15.2. The number of nitrogens with zero attached hydrogens (tertiary/aromatic N) is 1. The van der Waals surface area contributed by atoms with E-state index in [4.69, 9.17) is 0 Å². The summed E-state index contributed by atoms with van der Waals surface area (Å²) in [6, 6.07) is 0. The van der Waals surface area contributed by atoms with Gasteiger partial charge in [0.2, 0.25) is 0 Å². The fourth-order valence-corrected chi connectivity index (χ4v) is 1.80. The number of unbranched alkanes of at least 4 members (excludes halogenated alkanes) is 2. The van der Waals surface area contributed by atoms with Crippen molar-refractivity contribution in [2.24, 2.45) is 0 Å². The van der Waals surface area contributed by atoms with Gasteiger partial charge in [-0.2, -0.15) is 0 Å². The number of aldehydes is 1. The number of rotatable bonds is 5. The van der Waals surface area contributed by atoms with Gasteiger partial charge in [-0.25, -0.2) is 4.98 Å². The van der Waals surface area contributed by atoms with E-state index in [1.165, 1.54) is 30.6 Å². The van der Waals surface area contributed by atoms with Crippen LogP contribution in [-0.4, -0.2) is 11.3 Å². The van der Waals surface area contributed by atoms with E-state index in [1.54, 1.807) is 6.20 Å². The molecule has 0 bridgehead atoms. The number of thiazole rings is 1. The van der Waals surface area contributed by atoms with Crippen LogP contribution in [0.4, 0.5) is 0 Å². The van der Waals surface area contributed by atoms with E-state index in [2.05, 4.69) is 11.9 Å². The van der Waals surface area contributed by atoms with Gasteiger partial charge in [-0.1, -0.05) is 19.8 Å². The van der Waals surface area contributed by atoms with Gasteiger partial charge in [-0.15, -0.1) is 11.3 Å². The first-order valence-electron chi connectivity index (χ1n) is 4.26. The predicted octanol–water partition coefficient (Wildman–Crippen LogP) is 2.69. The summed E-state index contributed by atoms with van der Waals surface area (Å²) in [7, 11) is 0. The number of hydrogen-bond donors (Lipinski definition) is 0. The van der Waals surface area contributed by atoms with Crippen molar-refractivity contribution in [1.29, 1.82) is 0 Å². The van der Waals surface area contributed by atoms with Crippen molar-refractivity contribution in [1.82, 2.24) is 4.98 Å². The van der Waals surface area contributed by atoms with Crippen LogP contribution in [0.2, 0.25) is 0 Å². The largest absolute Gasteiger partial charge is 0.297 e. The van der Waals surface area contributed by atoms with Crippen molar-refractivity contribution in [3.05, 3.63) is 16.1 Å². The van der Waals surface area contributed by atoms with Crippen molar-refractivity contribution in [3.8, 4) is 0 Å². The molecule has 1 rings (SSSR count). The van der Waals surface area contributed by atoms with Crippen LogP contribution >= 0.6 is 11.3 Å². The number of hydrogen-bond acceptors (Lipinski definition) is 3. The molecule has 0 N–H and O–H groups in total. The van der Waals surface area contributed by atoms with Crippen molar-refractivity contribution in [2.45, 2.75) is 32.6 Å². The van der Waals surface area contributed by atoms with Gasteiger partial charge in [-0.3, -0.25) is 4.79 Å². The zero-order valence-corrected chi connectivity index (χ0v) is 8.06. The molecule has 0 spiro atoms. The maximum atomic E-state index is 10.3. The Labute approximate surface area is 76.6 Å². The lowest BCUT2D eigenvalue weighted by Gasteiger charge is -1.92. The molecular formula is C9H13NOS. The molecule has 66 valence electrons. The van der Waals surface area contributed by atoms with Crippen molar-refractivity contribution in [3.63, 3.8) is 0 Å². The Morgan fingerprint density at radius 1 is 1.58 bits per heavy atom. The minimum absolute atomic E-state index is 0.737. The molecule has 12 heavy (non-hydrogen) atoms. The third-order valence-corrected chi connectivity index (χ3v) is 2.66. The molecule has 0 saturated heterocycles. The highest BCUT2D eigenvalue weighted by atomic mass is 32.1. The Hall–Kier alpha value is -0.700. The zero-order valence-electron chi connectivity index (χ0n) is 7.25. The Balaban J connectivity index is 2.36. The van der Waals surface area contributed by atoms with Crippen LogP contribution in [-0.2, 0) is 6.42 Å². The number of carbonyl (C=O) groups excluding carboxylic acids is 1. The van der Waals surface area contributed by atoms with Gasteiger partial charge in [-0.05, 0) is 12.8 Å². The maximum Gasteiger partial charge on any atom is 0.161 e. The van der Waals surface area contributed by atoms with Gasteiger partial charge in [0.15, 0.2) is 6.29 Å². The van der Waals surface area contributed by atoms with E-state index >= 15 is 0 Å². The molecule has 0 atom stereocenters. The normalized spacial score (nSPS) is 10.1. The third-order valence-electron chi connectivity index (χ3n) is 1.68. The molecule has 0 amide bonds. The molecule has 0 aliphatic rings. The number of aryl methyl sites for hydroxylation is 1. The first-order chi connectivity index (χ1) is 5.86. The Bertz CT molecular complexity index is 244. The molecule has 0 aromatic carbocycles. The minimum Gasteiger partial charge on any atom is -0.297 e. The maximum absolute atomic E-state index is 10.3. The summed E-state index contributed by atoms with van der Waals surface area (Å²) in [5, 5.41) is 1.09. The topological polar surface area (TPSA) is 30.0 Å². The fourth-order valence-electron chi connectivity index (χ4n) is 1.02. The summed E-state index contributed by atoms with van der Waals surface area (Å²) in [5.41, 5.74) is 0. The molecule has 0 radical (unpaired) electrons. The van der Waals surface area contributed by atoms with Crippen LogP contribution in [0.5, 0.6) is 0 Å². The van der Waals surface area contributed by atoms with Crippen molar-refractivity contribution in [2.75, 3.05) is 0 Å². The zero-order chi connectivity index (χ0) is 8.81. The Kier molecular flexibility index (Phi) is 3.94. The highest BCUT2D eigenvalue weighted by Gasteiger charge is 1.99. The fraction of sp³-hybridized carbons (Fsp3) is 0.556. The lowest BCUT2D eigenvalue weighted by molar-refractivity contribution is 0.112. The molecule has 1 aromatic rings. The molecule has 2 nitrogen and oxygen atoms in total. The van der Waals surface area contributed by atoms with Gasteiger partial charge in [0.1, 0.15) is 0 Å². The second-order valence-electron chi connectivity index (χ2n) is 2.73. The Morgan fingerprint density at radius 3 is 3.00 bits per heavy atom. The highest BCUT2D eigenvalue weighted by Crippen LogP contribution is 2.13.